The summed E-state index contributed by atoms with van der Waals surface area (Å²) in [6, 6.07) is 25.4. The molecule has 0 spiro atoms. The van der Waals surface area contributed by atoms with Crippen molar-refractivity contribution in [3.05, 3.63) is 90.1 Å². The minimum absolute atomic E-state index is 0.139. The SMILES string of the molecule is COc1ccc(-c2cc(-c3ccc(C)cc3)c(C#N)c(SCCC(=O)Nc3ccccn3)n2)cc1. The Hall–Kier alpha value is -4.15. The number of methoxy groups -OCH3 is 1. The molecule has 1 N–H and O–H groups in total. The van der Waals surface area contributed by atoms with E-state index in [1.807, 2.05) is 67.6 Å². The van der Waals surface area contributed by atoms with Crippen LogP contribution in [-0.2, 0) is 4.79 Å². The van der Waals surface area contributed by atoms with Crippen LogP contribution in [0.1, 0.15) is 17.5 Å². The van der Waals surface area contributed by atoms with Crippen LogP contribution in [0.4, 0.5) is 5.82 Å². The number of pyridine rings is 2. The van der Waals surface area contributed by atoms with Crippen molar-refractivity contribution in [1.29, 1.82) is 5.26 Å². The van der Waals surface area contributed by atoms with Gasteiger partial charge in [-0.1, -0.05) is 35.9 Å². The first kappa shape index (κ1) is 24.0. The molecule has 0 radical (unpaired) electrons. The molecule has 0 saturated heterocycles. The Balaban J connectivity index is 1.63. The van der Waals surface area contributed by atoms with Crippen molar-refractivity contribution in [2.24, 2.45) is 0 Å². The molecular weight excluding hydrogens is 456 g/mol. The van der Waals surface area contributed by atoms with Gasteiger partial charge in [0.2, 0.25) is 5.91 Å². The van der Waals surface area contributed by atoms with E-state index >= 15 is 0 Å². The van der Waals surface area contributed by atoms with Crippen molar-refractivity contribution in [1.82, 2.24) is 9.97 Å². The van der Waals surface area contributed by atoms with Crippen LogP contribution in [0.5, 0.6) is 5.75 Å². The zero-order valence-electron chi connectivity index (χ0n) is 19.5. The monoisotopic (exact) mass is 480 g/mol. The maximum Gasteiger partial charge on any atom is 0.226 e. The number of aromatic nitrogens is 2. The fourth-order valence-corrected chi connectivity index (χ4v) is 4.43. The molecule has 4 aromatic rings. The molecule has 0 bridgehead atoms. The number of aryl methyl sites for hydroxylation is 1. The summed E-state index contributed by atoms with van der Waals surface area (Å²) in [5, 5.41) is 13.4. The summed E-state index contributed by atoms with van der Waals surface area (Å²) in [6.45, 7) is 2.03. The van der Waals surface area contributed by atoms with Gasteiger partial charge in [-0.15, -0.1) is 11.8 Å². The van der Waals surface area contributed by atoms with Crippen molar-refractivity contribution < 1.29 is 9.53 Å². The lowest BCUT2D eigenvalue weighted by molar-refractivity contribution is -0.115. The average Bonchev–Trinajstić information content (AvgIpc) is 2.89. The van der Waals surface area contributed by atoms with E-state index in [9.17, 15) is 10.1 Å². The zero-order chi connectivity index (χ0) is 24.6. The number of carbonyl (C=O) groups is 1. The molecule has 2 aromatic heterocycles. The van der Waals surface area contributed by atoms with E-state index in [1.54, 1.807) is 25.4 Å². The van der Waals surface area contributed by atoms with Gasteiger partial charge in [0.25, 0.3) is 0 Å². The van der Waals surface area contributed by atoms with Gasteiger partial charge in [0, 0.05) is 29.5 Å². The van der Waals surface area contributed by atoms with E-state index in [-0.39, 0.29) is 12.3 Å². The fraction of sp³-hybridized carbons (Fsp3) is 0.143. The van der Waals surface area contributed by atoms with Crippen molar-refractivity contribution in [3.63, 3.8) is 0 Å². The molecule has 35 heavy (non-hydrogen) atoms. The number of nitrogens with one attached hydrogen (secondary N) is 1. The highest BCUT2D eigenvalue weighted by Gasteiger charge is 2.16. The van der Waals surface area contributed by atoms with Gasteiger partial charge < -0.3 is 10.1 Å². The summed E-state index contributed by atoms with van der Waals surface area (Å²) in [5.74, 6) is 1.61. The third-order valence-corrected chi connectivity index (χ3v) is 6.32. The molecule has 2 heterocycles. The summed E-state index contributed by atoms with van der Waals surface area (Å²) in [4.78, 5) is 21.3. The summed E-state index contributed by atoms with van der Waals surface area (Å²) in [7, 11) is 1.63. The van der Waals surface area contributed by atoms with Gasteiger partial charge in [0.15, 0.2) is 0 Å². The second-order valence-corrected chi connectivity index (χ2v) is 8.89. The van der Waals surface area contributed by atoms with Crippen LogP contribution >= 0.6 is 11.8 Å². The highest BCUT2D eigenvalue weighted by atomic mass is 32.2. The quantitative estimate of drug-likeness (QED) is 0.306. The standard InChI is InChI=1S/C28H24N4O2S/c1-19-6-8-20(9-7-19)23-17-25(21-10-12-22(34-2)13-11-21)31-28(24(23)18-29)35-16-14-27(33)32-26-5-3-4-15-30-26/h3-13,15,17H,14,16H2,1-2H3,(H,30,32,33). The van der Waals surface area contributed by atoms with Crippen LogP contribution in [0.3, 0.4) is 0 Å². The van der Waals surface area contributed by atoms with Gasteiger partial charge in [-0.05, 0) is 55.0 Å². The molecule has 0 atom stereocenters. The van der Waals surface area contributed by atoms with E-state index in [0.717, 1.165) is 33.7 Å². The van der Waals surface area contributed by atoms with E-state index in [4.69, 9.17) is 9.72 Å². The van der Waals surface area contributed by atoms with Gasteiger partial charge in [-0.3, -0.25) is 4.79 Å². The maximum atomic E-state index is 12.4. The highest BCUT2D eigenvalue weighted by molar-refractivity contribution is 7.99. The van der Waals surface area contributed by atoms with E-state index in [2.05, 4.69) is 16.4 Å². The molecule has 4 rings (SSSR count). The first-order chi connectivity index (χ1) is 17.1. The number of amides is 1. The minimum atomic E-state index is -0.139. The smallest absolute Gasteiger partial charge is 0.226 e. The molecule has 0 aliphatic rings. The van der Waals surface area contributed by atoms with Crippen LogP contribution in [0, 0.1) is 18.3 Å². The Morgan fingerprint density at radius 2 is 1.80 bits per heavy atom. The molecule has 0 aliphatic heterocycles. The molecule has 0 aliphatic carbocycles. The van der Waals surface area contributed by atoms with Crippen LogP contribution in [0.15, 0.2) is 84.0 Å². The first-order valence-electron chi connectivity index (χ1n) is 11.1. The van der Waals surface area contributed by atoms with E-state index < -0.39 is 0 Å². The predicted octanol–water partition coefficient (Wildman–Crippen LogP) is 6.12. The number of thioether (sulfide) groups is 1. The molecule has 6 nitrogen and oxygen atoms in total. The molecule has 0 fully saturated rings. The molecule has 0 unspecified atom stereocenters. The summed E-state index contributed by atoms with van der Waals surface area (Å²) in [6.07, 6.45) is 1.89. The number of rotatable bonds is 8. The Kier molecular flexibility index (Phi) is 7.76. The normalized spacial score (nSPS) is 10.4. The highest BCUT2D eigenvalue weighted by Crippen LogP contribution is 2.35. The van der Waals surface area contributed by atoms with Crippen molar-refractivity contribution in [2.45, 2.75) is 18.4 Å². The first-order valence-corrected chi connectivity index (χ1v) is 12.1. The number of anilines is 1. The molecule has 1 amide bonds. The summed E-state index contributed by atoms with van der Waals surface area (Å²) >= 11 is 1.40. The molecule has 174 valence electrons. The van der Waals surface area contributed by atoms with Gasteiger partial charge in [-0.2, -0.15) is 5.26 Å². The average molecular weight is 481 g/mol. The lowest BCUT2D eigenvalue weighted by Crippen LogP contribution is -2.13. The van der Waals surface area contributed by atoms with Gasteiger partial charge in [0.05, 0.1) is 18.4 Å². The minimum Gasteiger partial charge on any atom is -0.497 e. The lowest BCUT2D eigenvalue weighted by Gasteiger charge is -2.13. The van der Waals surface area contributed by atoms with Gasteiger partial charge >= 0.3 is 0 Å². The Labute approximate surface area is 209 Å². The van der Waals surface area contributed by atoms with Gasteiger partial charge in [0.1, 0.15) is 22.7 Å². The summed E-state index contributed by atoms with van der Waals surface area (Å²) < 4.78 is 5.28. The van der Waals surface area contributed by atoms with Crippen molar-refractivity contribution >= 4 is 23.5 Å². The van der Waals surface area contributed by atoms with E-state index in [0.29, 0.717) is 22.2 Å². The number of nitriles is 1. The number of ether oxygens (including phenoxy) is 1. The fourth-order valence-electron chi connectivity index (χ4n) is 3.49. The predicted molar refractivity (Wildman–Crippen MR) is 139 cm³/mol. The maximum absolute atomic E-state index is 12.4. The van der Waals surface area contributed by atoms with E-state index in [1.165, 1.54) is 11.8 Å². The zero-order valence-corrected chi connectivity index (χ0v) is 20.3. The van der Waals surface area contributed by atoms with Crippen LogP contribution < -0.4 is 10.1 Å². The van der Waals surface area contributed by atoms with Crippen LogP contribution in [0.25, 0.3) is 22.4 Å². The third-order valence-electron chi connectivity index (χ3n) is 5.35. The van der Waals surface area contributed by atoms with Crippen molar-refractivity contribution in [2.75, 3.05) is 18.2 Å². The Morgan fingerprint density at radius 3 is 2.46 bits per heavy atom. The summed E-state index contributed by atoms with van der Waals surface area (Å²) in [5.41, 5.74) is 5.07. The number of hydrogen-bond donors (Lipinski definition) is 1. The second kappa shape index (κ2) is 11.3. The topological polar surface area (TPSA) is 87.9 Å². The van der Waals surface area contributed by atoms with Crippen LogP contribution in [-0.4, -0.2) is 28.7 Å². The van der Waals surface area contributed by atoms with Crippen LogP contribution in [0.2, 0.25) is 0 Å². The molecule has 2 aromatic carbocycles. The third kappa shape index (κ3) is 6.05. The number of hydrogen-bond acceptors (Lipinski definition) is 6. The molecular formula is C28H24N4O2S. The van der Waals surface area contributed by atoms with Gasteiger partial charge in [-0.25, -0.2) is 9.97 Å². The number of carbonyl (C=O) groups excluding carboxylic acids is 1. The number of benzene rings is 2. The second-order valence-electron chi connectivity index (χ2n) is 7.80. The number of nitrogens with zero attached hydrogens (tertiary/aromatic N) is 3. The lowest BCUT2D eigenvalue weighted by atomic mass is 9.98. The Morgan fingerprint density at radius 1 is 1.06 bits per heavy atom. The largest absolute Gasteiger partial charge is 0.497 e. The Bertz CT molecular complexity index is 1350. The molecule has 7 heteroatoms. The van der Waals surface area contributed by atoms with Crippen molar-refractivity contribution in [3.8, 4) is 34.2 Å². The molecule has 0 saturated carbocycles.